The molecular formula is C20H21N3S. The smallest absolute Gasteiger partial charge is 0.171 e. The monoisotopic (exact) mass is 335 g/mol. The number of nitrogens with zero attached hydrogens (tertiary/aromatic N) is 1. The highest BCUT2D eigenvalue weighted by Gasteiger charge is 2.30. The van der Waals surface area contributed by atoms with Gasteiger partial charge in [0.15, 0.2) is 5.11 Å². The number of anilines is 1. The topological polar surface area (TPSA) is 27.3 Å². The number of hydrogen-bond acceptors (Lipinski definition) is 2. The number of thiocarbonyl (C=S) groups is 1. The van der Waals surface area contributed by atoms with Gasteiger partial charge in [0.05, 0.1) is 6.04 Å². The fourth-order valence-electron chi connectivity index (χ4n) is 3.60. The number of nitrogens with one attached hydrogen (secondary N) is 2. The molecule has 0 fully saturated rings. The van der Waals surface area contributed by atoms with Crippen molar-refractivity contribution < 1.29 is 0 Å². The van der Waals surface area contributed by atoms with Crippen molar-refractivity contribution in [2.75, 3.05) is 19.0 Å². The van der Waals surface area contributed by atoms with E-state index in [2.05, 4.69) is 78.2 Å². The normalized spacial score (nSPS) is 19.1. The van der Waals surface area contributed by atoms with Crippen LogP contribution in [0.4, 0.5) is 5.69 Å². The summed E-state index contributed by atoms with van der Waals surface area (Å²) in [5, 5.41) is 7.56. The summed E-state index contributed by atoms with van der Waals surface area (Å²) in [6.07, 6.45) is 2.13. The van der Waals surface area contributed by atoms with Gasteiger partial charge >= 0.3 is 0 Å². The van der Waals surface area contributed by atoms with E-state index in [9.17, 15) is 0 Å². The Morgan fingerprint density at radius 2 is 1.75 bits per heavy atom. The average molecular weight is 335 g/mol. The summed E-state index contributed by atoms with van der Waals surface area (Å²) in [7, 11) is 4.12. The first-order valence-electron chi connectivity index (χ1n) is 8.29. The maximum Gasteiger partial charge on any atom is 0.171 e. The highest BCUT2D eigenvalue weighted by molar-refractivity contribution is 7.80. The molecule has 0 saturated carbocycles. The van der Waals surface area contributed by atoms with E-state index in [0.29, 0.717) is 5.11 Å². The number of fused-ring (bicyclic) bond motifs is 2. The summed E-state index contributed by atoms with van der Waals surface area (Å²) in [6.45, 7) is 0. The van der Waals surface area contributed by atoms with Crippen molar-refractivity contribution in [2.45, 2.75) is 18.9 Å². The molecule has 4 rings (SSSR count). The Morgan fingerprint density at radius 1 is 1.00 bits per heavy atom. The second kappa shape index (κ2) is 5.95. The molecule has 0 amide bonds. The van der Waals surface area contributed by atoms with Crippen LogP contribution in [0.25, 0.3) is 5.70 Å². The molecule has 0 bridgehead atoms. The average Bonchev–Trinajstić information content (AvgIpc) is 2.61. The molecule has 4 heteroatoms. The molecule has 0 unspecified atom stereocenters. The lowest BCUT2D eigenvalue weighted by molar-refractivity contribution is 0.667. The minimum Gasteiger partial charge on any atom is -0.378 e. The van der Waals surface area contributed by atoms with Crippen LogP contribution in [-0.4, -0.2) is 19.2 Å². The van der Waals surface area contributed by atoms with Gasteiger partial charge in [0.25, 0.3) is 0 Å². The third-order valence-electron chi connectivity index (χ3n) is 4.88. The zero-order valence-corrected chi connectivity index (χ0v) is 14.8. The first-order valence-corrected chi connectivity index (χ1v) is 8.70. The Bertz CT molecular complexity index is 821. The van der Waals surface area contributed by atoms with E-state index in [1.54, 1.807) is 0 Å². The second-order valence-electron chi connectivity index (χ2n) is 6.57. The molecule has 2 aliphatic rings. The van der Waals surface area contributed by atoms with Gasteiger partial charge in [0.2, 0.25) is 0 Å². The van der Waals surface area contributed by atoms with Crippen molar-refractivity contribution >= 4 is 28.7 Å². The fraction of sp³-hybridized carbons (Fsp3) is 0.250. The van der Waals surface area contributed by atoms with Gasteiger partial charge in [-0.05, 0) is 53.9 Å². The van der Waals surface area contributed by atoms with E-state index in [1.807, 2.05) is 0 Å². The molecule has 2 aromatic rings. The fourth-order valence-corrected chi connectivity index (χ4v) is 3.82. The number of rotatable bonds is 2. The second-order valence-corrected chi connectivity index (χ2v) is 6.98. The third-order valence-corrected chi connectivity index (χ3v) is 5.10. The summed E-state index contributed by atoms with van der Waals surface area (Å²) in [6, 6.07) is 17.5. The minimum absolute atomic E-state index is 0.151. The number of aryl methyl sites for hydroxylation is 1. The van der Waals surface area contributed by atoms with Crippen LogP contribution in [0, 0.1) is 0 Å². The largest absolute Gasteiger partial charge is 0.378 e. The van der Waals surface area contributed by atoms with E-state index in [4.69, 9.17) is 12.2 Å². The molecule has 1 aliphatic heterocycles. The zero-order chi connectivity index (χ0) is 16.7. The maximum atomic E-state index is 5.48. The first-order chi connectivity index (χ1) is 11.6. The standard InChI is InChI=1S/C20H21N3S/c1-23(2)15-10-7-14(8-11-15)18-17-12-9-13-5-3-4-6-16(13)19(17)22-20(24)21-18/h3-8,10-11,18H,9,12H2,1-2H3,(H2,21,22,24)/t18-/m0/s1. The number of benzene rings is 2. The Morgan fingerprint density at radius 3 is 2.50 bits per heavy atom. The highest BCUT2D eigenvalue weighted by Crippen LogP contribution is 2.38. The van der Waals surface area contributed by atoms with Crippen LogP contribution in [0.1, 0.15) is 29.2 Å². The van der Waals surface area contributed by atoms with E-state index in [1.165, 1.54) is 33.6 Å². The minimum atomic E-state index is 0.151. The first kappa shape index (κ1) is 15.2. The predicted molar refractivity (Wildman–Crippen MR) is 104 cm³/mol. The molecule has 122 valence electrons. The molecule has 0 aromatic heterocycles. The van der Waals surface area contributed by atoms with Gasteiger partial charge in [-0.2, -0.15) is 0 Å². The van der Waals surface area contributed by atoms with Gasteiger partial charge in [-0.3, -0.25) is 0 Å². The van der Waals surface area contributed by atoms with Gasteiger partial charge < -0.3 is 15.5 Å². The van der Waals surface area contributed by atoms with E-state index < -0.39 is 0 Å². The quantitative estimate of drug-likeness (QED) is 0.820. The maximum absolute atomic E-state index is 5.48. The van der Waals surface area contributed by atoms with Crippen LogP contribution in [0.15, 0.2) is 54.1 Å². The van der Waals surface area contributed by atoms with Crippen LogP contribution in [0.3, 0.4) is 0 Å². The molecule has 2 aromatic carbocycles. The van der Waals surface area contributed by atoms with Crippen LogP contribution in [0.2, 0.25) is 0 Å². The van der Waals surface area contributed by atoms with Crippen LogP contribution in [-0.2, 0) is 6.42 Å². The predicted octanol–water partition coefficient (Wildman–Crippen LogP) is 3.63. The Kier molecular flexibility index (Phi) is 3.77. The van der Waals surface area contributed by atoms with Crippen molar-refractivity contribution in [2.24, 2.45) is 0 Å². The van der Waals surface area contributed by atoms with Gasteiger partial charge in [0, 0.05) is 31.0 Å². The Labute approximate surface area is 148 Å². The third kappa shape index (κ3) is 2.57. The lowest BCUT2D eigenvalue weighted by atomic mass is 9.83. The molecule has 3 nitrogen and oxygen atoms in total. The summed E-state index contributed by atoms with van der Waals surface area (Å²) in [5.74, 6) is 0. The van der Waals surface area contributed by atoms with Crippen LogP contribution >= 0.6 is 12.2 Å². The molecule has 2 N–H and O–H groups in total. The zero-order valence-electron chi connectivity index (χ0n) is 14.0. The summed E-state index contributed by atoms with van der Waals surface area (Å²) in [4.78, 5) is 2.12. The summed E-state index contributed by atoms with van der Waals surface area (Å²) in [5.41, 5.74) is 7.75. The molecular weight excluding hydrogens is 314 g/mol. The highest BCUT2D eigenvalue weighted by atomic mass is 32.1. The Hall–Kier alpha value is -2.33. The molecule has 24 heavy (non-hydrogen) atoms. The van der Waals surface area contributed by atoms with Gasteiger partial charge in [0.1, 0.15) is 0 Å². The molecule has 0 spiro atoms. The van der Waals surface area contributed by atoms with E-state index in [0.717, 1.165) is 12.8 Å². The van der Waals surface area contributed by atoms with Crippen molar-refractivity contribution in [3.05, 3.63) is 70.8 Å². The molecule has 1 heterocycles. The molecule has 1 atom stereocenters. The summed E-state index contributed by atoms with van der Waals surface area (Å²) >= 11 is 5.48. The summed E-state index contributed by atoms with van der Waals surface area (Å²) < 4.78 is 0. The van der Waals surface area contributed by atoms with Gasteiger partial charge in [-0.25, -0.2) is 0 Å². The lowest BCUT2D eigenvalue weighted by Gasteiger charge is -2.36. The Balaban J connectivity index is 1.77. The van der Waals surface area contributed by atoms with Crippen molar-refractivity contribution in [1.29, 1.82) is 0 Å². The van der Waals surface area contributed by atoms with E-state index >= 15 is 0 Å². The molecule has 1 aliphatic carbocycles. The van der Waals surface area contributed by atoms with E-state index in [-0.39, 0.29) is 6.04 Å². The van der Waals surface area contributed by atoms with Crippen molar-refractivity contribution in [3.63, 3.8) is 0 Å². The molecule has 0 saturated heterocycles. The van der Waals surface area contributed by atoms with Crippen LogP contribution in [0.5, 0.6) is 0 Å². The van der Waals surface area contributed by atoms with Gasteiger partial charge in [-0.15, -0.1) is 0 Å². The SMILES string of the molecule is CN(C)c1ccc([C@@H]2NC(=S)NC3=C2CCc2ccccc23)cc1. The molecule has 0 radical (unpaired) electrons. The van der Waals surface area contributed by atoms with Crippen LogP contribution < -0.4 is 15.5 Å². The van der Waals surface area contributed by atoms with Crippen molar-refractivity contribution in [3.8, 4) is 0 Å². The van der Waals surface area contributed by atoms with Crippen molar-refractivity contribution in [1.82, 2.24) is 10.6 Å². The lowest BCUT2D eigenvalue weighted by Crippen LogP contribution is -2.44. The van der Waals surface area contributed by atoms with Gasteiger partial charge in [-0.1, -0.05) is 36.4 Å². The number of hydrogen-bond donors (Lipinski definition) is 2.